The third kappa shape index (κ3) is 6.66. The SMILES string of the molecule is CCOc1ccc(N(CCC#N)C(=O)COC(=O)CCC(=O)c2ccc3c(c2)CCC3)cc1. The van der Waals surface area contributed by atoms with E-state index in [1.165, 1.54) is 16.0 Å². The van der Waals surface area contributed by atoms with E-state index in [2.05, 4.69) is 0 Å². The van der Waals surface area contributed by atoms with Crippen LogP contribution in [0.25, 0.3) is 0 Å². The number of fused-ring (bicyclic) bond motifs is 1. The van der Waals surface area contributed by atoms with Crippen molar-refractivity contribution >= 4 is 23.3 Å². The second-order valence-corrected chi connectivity index (χ2v) is 7.80. The maximum absolute atomic E-state index is 12.7. The minimum absolute atomic E-state index is 0.0306. The molecule has 1 aliphatic rings. The van der Waals surface area contributed by atoms with E-state index in [4.69, 9.17) is 14.7 Å². The first-order valence-electron chi connectivity index (χ1n) is 11.2. The lowest BCUT2D eigenvalue weighted by molar-refractivity contribution is -0.147. The van der Waals surface area contributed by atoms with E-state index in [-0.39, 0.29) is 31.6 Å². The Morgan fingerprint density at radius 1 is 1.03 bits per heavy atom. The third-order valence-electron chi connectivity index (χ3n) is 5.54. The minimum atomic E-state index is -0.607. The lowest BCUT2D eigenvalue weighted by Gasteiger charge is -2.22. The van der Waals surface area contributed by atoms with Gasteiger partial charge in [0.25, 0.3) is 5.91 Å². The number of carbonyl (C=O) groups excluding carboxylic acids is 3. The minimum Gasteiger partial charge on any atom is -0.494 e. The number of aryl methyl sites for hydroxylation is 2. The topological polar surface area (TPSA) is 96.7 Å². The van der Waals surface area contributed by atoms with E-state index in [0.717, 1.165) is 19.3 Å². The van der Waals surface area contributed by atoms with Gasteiger partial charge in [-0.05, 0) is 67.6 Å². The smallest absolute Gasteiger partial charge is 0.306 e. The Bertz CT molecular complexity index is 1040. The molecule has 172 valence electrons. The van der Waals surface area contributed by atoms with Crippen LogP contribution >= 0.6 is 0 Å². The summed E-state index contributed by atoms with van der Waals surface area (Å²) in [5.41, 5.74) is 3.69. The lowest BCUT2D eigenvalue weighted by atomic mass is 10.0. The molecule has 7 nitrogen and oxygen atoms in total. The summed E-state index contributed by atoms with van der Waals surface area (Å²) < 4.78 is 10.5. The Morgan fingerprint density at radius 2 is 1.79 bits per heavy atom. The molecule has 33 heavy (non-hydrogen) atoms. The van der Waals surface area contributed by atoms with Crippen molar-refractivity contribution in [2.75, 3.05) is 24.7 Å². The predicted octanol–water partition coefficient (Wildman–Crippen LogP) is 4.03. The Balaban J connectivity index is 1.51. The highest BCUT2D eigenvalue weighted by Crippen LogP contribution is 2.24. The number of anilines is 1. The van der Waals surface area contributed by atoms with Gasteiger partial charge in [0.2, 0.25) is 0 Å². The Labute approximate surface area is 193 Å². The van der Waals surface area contributed by atoms with Gasteiger partial charge in [-0.15, -0.1) is 0 Å². The number of Topliss-reactive ketones (excluding diaryl/α,β-unsaturated/α-hetero) is 1. The van der Waals surface area contributed by atoms with E-state index in [1.807, 2.05) is 31.2 Å². The second kappa shape index (κ2) is 11.8. The molecule has 0 N–H and O–H groups in total. The fourth-order valence-electron chi connectivity index (χ4n) is 3.85. The molecule has 7 heteroatoms. The molecule has 0 saturated carbocycles. The standard InChI is InChI=1S/C26H28N2O5/c1-2-32-23-11-9-22(10-12-23)28(16-4-15-27)25(30)18-33-26(31)14-13-24(29)21-8-7-19-5-3-6-20(19)17-21/h7-12,17H,2-6,13-14,16,18H2,1H3. The van der Waals surface area contributed by atoms with Crippen molar-refractivity contribution < 1.29 is 23.9 Å². The Kier molecular flexibility index (Phi) is 8.59. The molecular weight excluding hydrogens is 420 g/mol. The molecule has 2 aromatic rings. The summed E-state index contributed by atoms with van der Waals surface area (Å²) in [7, 11) is 0. The summed E-state index contributed by atoms with van der Waals surface area (Å²) in [6, 6.07) is 14.7. The van der Waals surface area contributed by atoms with Gasteiger partial charge in [-0.3, -0.25) is 14.4 Å². The number of ether oxygens (including phenoxy) is 2. The number of hydrogen-bond donors (Lipinski definition) is 0. The Morgan fingerprint density at radius 3 is 2.52 bits per heavy atom. The normalized spacial score (nSPS) is 11.9. The van der Waals surface area contributed by atoms with Gasteiger partial charge in [0.15, 0.2) is 12.4 Å². The predicted molar refractivity (Wildman–Crippen MR) is 123 cm³/mol. The molecule has 2 aromatic carbocycles. The number of amides is 1. The van der Waals surface area contributed by atoms with Crippen LogP contribution in [0.4, 0.5) is 5.69 Å². The van der Waals surface area contributed by atoms with E-state index in [1.54, 1.807) is 24.3 Å². The zero-order valence-corrected chi connectivity index (χ0v) is 18.8. The number of esters is 1. The molecule has 0 atom stereocenters. The summed E-state index contributed by atoms with van der Waals surface area (Å²) in [5.74, 6) is -0.482. The van der Waals surface area contributed by atoms with Crippen LogP contribution in [0, 0.1) is 11.3 Å². The molecule has 0 spiro atoms. The molecule has 1 amide bonds. The molecule has 0 radical (unpaired) electrons. The van der Waals surface area contributed by atoms with Crippen molar-refractivity contribution in [3.8, 4) is 11.8 Å². The maximum atomic E-state index is 12.7. The van der Waals surface area contributed by atoms with Crippen LogP contribution < -0.4 is 9.64 Å². The van der Waals surface area contributed by atoms with Crippen LogP contribution in [0.1, 0.15) is 54.1 Å². The zero-order chi connectivity index (χ0) is 23.6. The molecule has 0 saturated heterocycles. The highest BCUT2D eigenvalue weighted by Gasteiger charge is 2.19. The van der Waals surface area contributed by atoms with Gasteiger partial charge in [0.05, 0.1) is 25.5 Å². The first kappa shape index (κ1) is 24.0. The molecule has 0 fully saturated rings. The molecule has 0 aliphatic heterocycles. The summed E-state index contributed by atoms with van der Waals surface area (Å²) in [6.45, 7) is 2.13. The first-order valence-corrected chi connectivity index (χ1v) is 11.2. The second-order valence-electron chi connectivity index (χ2n) is 7.80. The van der Waals surface area contributed by atoms with Gasteiger partial charge in [-0.25, -0.2) is 0 Å². The van der Waals surface area contributed by atoms with Crippen molar-refractivity contribution in [1.29, 1.82) is 5.26 Å². The number of rotatable bonds is 11. The van der Waals surface area contributed by atoms with Gasteiger partial charge in [-0.2, -0.15) is 5.26 Å². The third-order valence-corrected chi connectivity index (χ3v) is 5.54. The van der Waals surface area contributed by atoms with E-state index in [0.29, 0.717) is 23.6 Å². The summed E-state index contributed by atoms with van der Waals surface area (Å²) in [5, 5.41) is 8.92. The number of benzene rings is 2. The summed E-state index contributed by atoms with van der Waals surface area (Å²) in [6.07, 6.45) is 3.22. The summed E-state index contributed by atoms with van der Waals surface area (Å²) in [4.78, 5) is 38.7. The number of carbonyl (C=O) groups is 3. The van der Waals surface area contributed by atoms with E-state index in [9.17, 15) is 14.4 Å². The van der Waals surface area contributed by atoms with Gasteiger partial charge < -0.3 is 14.4 Å². The van der Waals surface area contributed by atoms with Gasteiger partial charge in [0, 0.05) is 24.2 Å². The average molecular weight is 449 g/mol. The number of ketones is 1. The largest absolute Gasteiger partial charge is 0.494 e. The molecule has 0 bridgehead atoms. The molecule has 1 aliphatic carbocycles. The zero-order valence-electron chi connectivity index (χ0n) is 18.8. The van der Waals surface area contributed by atoms with Crippen LogP contribution in [-0.4, -0.2) is 37.4 Å². The number of nitrogens with zero attached hydrogens (tertiary/aromatic N) is 2. The van der Waals surface area contributed by atoms with Crippen molar-refractivity contribution in [2.45, 2.75) is 45.4 Å². The van der Waals surface area contributed by atoms with Crippen LogP contribution in [0.2, 0.25) is 0 Å². The van der Waals surface area contributed by atoms with Gasteiger partial charge in [-0.1, -0.05) is 12.1 Å². The average Bonchev–Trinajstić information content (AvgIpc) is 3.30. The van der Waals surface area contributed by atoms with Crippen molar-refractivity contribution in [3.63, 3.8) is 0 Å². The van der Waals surface area contributed by atoms with Gasteiger partial charge in [0.1, 0.15) is 5.75 Å². The first-order chi connectivity index (χ1) is 16.0. The highest BCUT2D eigenvalue weighted by molar-refractivity contribution is 5.98. The van der Waals surface area contributed by atoms with E-state index >= 15 is 0 Å². The number of nitriles is 1. The molecule has 0 aromatic heterocycles. The quantitative estimate of drug-likeness (QED) is 0.380. The monoisotopic (exact) mass is 448 g/mol. The Hall–Kier alpha value is -3.66. The van der Waals surface area contributed by atoms with Crippen LogP contribution in [0.5, 0.6) is 5.75 Å². The fraction of sp³-hybridized carbons (Fsp3) is 0.385. The van der Waals surface area contributed by atoms with E-state index < -0.39 is 18.5 Å². The molecular formula is C26H28N2O5. The molecule has 0 heterocycles. The molecule has 3 rings (SSSR count). The van der Waals surface area contributed by atoms with Crippen molar-refractivity contribution in [1.82, 2.24) is 0 Å². The van der Waals surface area contributed by atoms with Crippen LogP contribution in [-0.2, 0) is 27.2 Å². The highest BCUT2D eigenvalue weighted by atomic mass is 16.5. The fourth-order valence-corrected chi connectivity index (χ4v) is 3.85. The van der Waals surface area contributed by atoms with Crippen molar-refractivity contribution in [3.05, 3.63) is 59.2 Å². The summed E-state index contributed by atoms with van der Waals surface area (Å²) >= 11 is 0. The molecule has 0 unspecified atom stereocenters. The van der Waals surface area contributed by atoms with Crippen LogP contribution in [0.15, 0.2) is 42.5 Å². The van der Waals surface area contributed by atoms with Crippen molar-refractivity contribution in [2.24, 2.45) is 0 Å². The maximum Gasteiger partial charge on any atom is 0.306 e. The lowest BCUT2D eigenvalue weighted by Crippen LogP contribution is -2.35. The van der Waals surface area contributed by atoms with Crippen LogP contribution in [0.3, 0.4) is 0 Å². The number of hydrogen-bond acceptors (Lipinski definition) is 6. The van der Waals surface area contributed by atoms with Gasteiger partial charge >= 0.3 is 5.97 Å².